The molecular formula is C15H19BrFNO. The zero-order chi connectivity index (χ0) is 14.0. The number of nitrogens with zero attached hydrogens (tertiary/aromatic N) is 1. The van der Waals surface area contributed by atoms with Crippen LogP contribution in [0, 0.1) is 5.82 Å². The number of benzene rings is 1. The number of hydrogen-bond donors (Lipinski definition) is 0. The summed E-state index contributed by atoms with van der Waals surface area (Å²) in [5.41, 5.74) is 0.379. The molecule has 1 aliphatic rings. The third-order valence-corrected chi connectivity index (χ3v) is 5.08. The molecule has 104 valence electrons. The third-order valence-electron chi connectivity index (χ3n) is 4.19. The van der Waals surface area contributed by atoms with Crippen molar-refractivity contribution in [3.05, 3.63) is 34.1 Å². The number of hydrogen-bond acceptors (Lipinski definition) is 2. The molecule has 0 spiro atoms. The van der Waals surface area contributed by atoms with Crippen molar-refractivity contribution in [2.24, 2.45) is 0 Å². The predicted molar refractivity (Wildman–Crippen MR) is 77.7 cm³/mol. The zero-order valence-electron chi connectivity index (χ0n) is 11.4. The lowest BCUT2D eigenvalue weighted by atomic mass is 9.87. The summed E-state index contributed by atoms with van der Waals surface area (Å²) in [4.78, 5) is 14.7. The van der Waals surface area contributed by atoms with E-state index in [0.717, 1.165) is 31.2 Å². The Hall–Kier alpha value is -0.740. The summed E-state index contributed by atoms with van der Waals surface area (Å²) < 4.78 is 13.9. The molecule has 1 saturated carbocycles. The van der Waals surface area contributed by atoms with Crippen molar-refractivity contribution in [3.63, 3.8) is 0 Å². The smallest absolute Gasteiger partial charge is 0.157 e. The van der Waals surface area contributed by atoms with Gasteiger partial charge >= 0.3 is 0 Å². The van der Waals surface area contributed by atoms with E-state index in [4.69, 9.17) is 0 Å². The SMILES string of the molecule is CN(C)C1(C(=O)Cc2cccc(F)c2Br)CCCC1. The first kappa shape index (κ1) is 14.7. The summed E-state index contributed by atoms with van der Waals surface area (Å²) in [6.07, 6.45) is 4.29. The molecule has 0 saturated heterocycles. The van der Waals surface area contributed by atoms with Crippen LogP contribution in [-0.4, -0.2) is 30.3 Å². The number of Topliss-reactive ketones (excluding diaryl/α,β-unsaturated/α-hetero) is 1. The maximum atomic E-state index is 13.5. The molecule has 2 nitrogen and oxygen atoms in total. The standard InChI is InChI=1S/C15H19BrFNO/c1-18(2)15(8-3-4-9-15)13(19)10-11-6-5-7-12(17)14(11)16/h5-7H,3-4,8-10H2,1-2H3. The lowest BCUT2D eigenvalue weighted by molar-refractivity contribution is -0.128. The topological polar surface area (TPSA) is 20.3 Å². The molecule has 0 aliphatic heterocycles. The summed E-state index contributed by atoms with van der Waals surface area (Å²) in [6.45, 7) is 0. The van der Waals surface area contributed by atoms with Crippen LogP contribution in [0.25, 0.3) is 0 Å². The largest absolute Gasteiger partial charge is 0.297 e. The molecule has 0 radical (unpaired) electrons. The Morgan fingerprint density at radius 2 is 2.00 bits per heavy atom. The molecular weight excluding hydrogens is 309 g/mol. The summed E-state index contributed by atoms with van der Waals surface area (Å²) >= 11 is 3.23. The van der Waals surface area contributed by atoms with Crippen LogP contribution in [0.1, 0.15) is 31.2 Å². The quantitative estimate of drug-likeness (QED) is 0.842. The van der Waals surface area contributed by atoms with Gasteiger partial charge in [-0.25, -0.2) is 4.39 Å². The molecule has 1 aliphatic carbocycles. The van der Waals surface area contributed by atoms with Gasteiger partial charge in [-0.05, 0) is 54.5 Å². The van der Waals surface area contributed by atoms with E-state index in [-0.39, 0.29) is 23.6 Å². The minimum absolute atomic E-state index is 0.196. The lowest BCUT2D eigenvalue weighted by Crippen LogP contribution is -2.49. The molecule has 4 heteroatoms. The fourth-order valence-electron chi connectivity index (χ4n) is 2.96. The minimum atomic E-state index is -0.355. The fourth-order valence-corrected chi connectivity index (χ4v) is 3.36. The van der Waals surface area contributed by atoms with Gasteiger partial charge in [0.2, 0.25) is 0 Å². The Bertz CT molecular complexity index is 481. The van der Waals surface area contributed by atoms with Gasteiger partial charge in [0, 0.05) is 6.42 Å². The second-order valence-electron chi connectivity index (χ2n) is 5.45. The van der Waals surface area contributed by atoms with Gasteiger partial charge in [0.1, 0.15) is 5.82 Å². The van der Waals surface area contributed by atoms with E-state index in [1.807, 2.05) is 25.1 Å². The van der Waals surface area contributed by atoms with Crippen molar-refractivity contribution in [1.82, 2.24) is 4.90 Å². The van der Waals surface area contributed by atoms with Crippen molar-refractivity contribution < 1.29 is 9.18 Å². The first-order chi connectivity index (χ1) is 8.97. The van der Waals surface area contributed by atoms with Gasteiger partial charge in [-0.1, -0.05) is 25.0 Å². The highest BCUT2D eigenvalue weighted by Crippen LogP contribution is 2.36. The van der Waals surface area contributed by atoms with E-state index in [1.54, 1.807) is 6.07 Å². The van der Waals surface area contributed by atoms with Gasteiger partial charge in [-0.3, -0.25) is 9.69 Å². The molecule has 1 aromatic rings. The van der Waals surface area contributed by atoms with Crippen molar-refractivity contribution in [2.45, 2.75) is 37.6 Å². The summed E-state index contributed by atoms with van der Waals surface area (Å²) in [5.74, 6) is -0.114. The second kappa shape index (κ2) is 5.71. The van der Waals surface area contributed by atoms with Crippen LogP contribution in [0.4, 0.5) is 4.39 Å². The Morgan fingerprint density at radius 1 is 1.37 bits per heavy atom. The van der Waals surface area contributed by atoms with Crippen molar-refractivity contribution >= 4 is 21.7 Å². The number of halogens is 2. The molecule has 0 bridgehead atoms. The summed E-state index contributed by atoms with van der Waals surface area (Å²) in [5, 5.41) is 0. The van der Waals surface area contributed by atoms with E-state index in [1.165, 1.54) is 6.07 Å². The van der Waals surface area contributed by atoms with Crippen LogP contribution < -0.4 is 0 Å². The van der Waals surface area contributed by atoms with E-state index < -0.39 is 0 Å². The molecule has 0 heterocycles. The fraction of sp³-hybridized carbons (Fsp3) is 0.533. The Labute approximate surface area is 122 Å². The Kier molecular flexibility index (Phi) is 4.41. The van der Waals surface area contributed by atoms with Crippen LogP contribution in [0.3, 0.4) is 0 Å². The highest BCUT2D eigenvalue weighted by Gasteiger charge is 2.42. The first-order valence-corrected chi connectivity index (χ1v) is 7.40. The van der Waals surface area contributed by atoms with Gasteiger partial charge < -0.3 is 0 Å². The molecule has 1 aromatic carbocycles. The van der Waals surface area contributed by atoms with Gasteiger partial charge in [0.05, 0.1) is 10.0 Å². The normalized spacial score (nSPS) is 17.9. The van der Waals surface area contributed by atoms with E-state index >= 15 is 0 Å². The van der Waals surface area contributed by atoms with Crippen molar-refractivity contribution in [1.29, 1.82) is 0 Å². The summed E-state index contributed by atoms with van der Waals surface area (Å²) in [7, 11) is 3.92. The predicted octanol–water partition coefficient (Wildman–Crippen LogP) is 3.57. The third kappa shape index (κ3) is 2.75. The average molecular weight is 328 g/mol. The van der Waals surface area contributed by atoms with Crippen LogP contribution in [0.2, 0.25) is 0 Å². The number of carbonyl (C=O) groups is 1. The zero-order valence-corrected chi connectivity index (χ0v) is 13.0. The van der Waals surface area contributed by atoms with Crippen molar-refractivity contribution in [2.75, 3.05) is 14.1 Å². The highest BCUT2D eigenvalue weighted by molar-refractivity contribution is 9.10. The van der Waals surface area contributed by atoms with E-state index in [2.05, 4.69) is 15.9 Å². The highest BCUT2D eigenvalue weighted by atomic mass is 79.9. The number of rotatable bonds is 4. The van der Waals surface area contributed by atoms with Crippen LogP contribution >= 0.6 is 15.9 Å². The molecule has 0 atom stereocenters. The number of carbonyl (C=O) groups excluding carboxylic acids is 1. The molecule has 2 rings (SSSR count). The lowest BCUT2D eigenvalue weighted by Gasteiger charge is -2.35. The summed E-state index contributed by atoms with van der Waals surface area (Å²) in [6, 6.07) is 4.86. The molecule has 19 heavy (non-hydrogen) atoms. The maximum Gasteiger partial charge on any atom is 0.157 e. The van der Waals surface area contributed by atoms with Gasteiger partial charge in [-0.15, -0.1) is 0 Å². The van der Waals surface area contributed by atoms with Gasteiger partial charge in [-0.2, -0.15) is 0 Å². The second-order valence-corrected chi connectivity index (χ2v) is 6.24. The Balaban J connectivity index is 2.23. The van der Waals surface area contributed by atoms with Gasteiger partial charge in [0.25, 0.3) is 0 Å². The van der Waals surface area contributed by atoms with Crippen molar-refractivity contribution in [3.8, 4) is 0 Å². The monoisotopic (exact) mass is 327 g/mol. The molecule has 1 fully saturated rings. The molecule has 0 unspecified atom stereocenters. The van der Waals surface area contributed by atoms with E-state index in [9.17, 15) is 9.18 Å². The minimum Gasteiger partial charge on any atom is -0.297 e. The molecule has 0 amide bonds. The van der Waals surface area contributed by atoms with Crippen LogP contribution in [0.5, 0.6) is 0 Å². The van der Waals surface area contributed by atoms with Crippen LogP contribution in [0.15, 0.2) is 22.7 Å². The Morgan fingerprint density at radius 3 is 2.58 bits per heavy atom. The van der Waals surface area contributed by atoms with Crippen LogP contribution in [-0.2, 0) is 11.2 Å². The average Bonchev–Trinajstić information content (AvgIpc) is 2.85. The maximum absolute atomic E-state index is 13.5. The number of likely N-dealkylation sites (N-methyl/N-ethyl adjacent to an activating group) is 1. The number of ketones is 1. The van der Waals surface area contributed by atoms with Gasteiger partial charge in [0.15, 0.2) is 5.78 Å². The first-order valence-electron chi connectivity index (χ1n) is 6.61. The molecule has 0 N–H and O–H groups in total. The van der Waals surface area contributed by atoms with E-state index in [0.29, 0.717) is 4.47 Å². The molecule has 0 aromatic heterocycles.